The summed E-state index contributed by atoms with van der Waals surface area (Å²) in [5.41, 5.74) is 1.46. The van der Waals surface area contributed by atoms with E-state index in [-0.39, 0.29) is 0 Å². The number of allylic oxidation sites excluding steroid dienone is 2. The molecule has 2 rings (SSSR count). The van der Waals surface area contributed by atoms with E-state index in [9.17, 15) is 5.11 Å². The molecule has 1 aromatic rings. The molecule has 0 aliphatic carbocycles. The third-order valence-electron chi connectivity index (χ3n) is 1.64. The predicted octanol–water partition coefficient (Wildman–Crippen LogP) is 0.655. The second-order valence-electron chi connectivity index (χ2n) is 2.41. The minimum Gasteiger partial charge on any atom is -0.468 e. The van der Waals surface area contributed by atoms with Gasteiger partial charge >= 0.3 is 0 Å². The summed E-state index contributed by atoms with van der Waals surface area (Å²) in [5, 5.41) is 15.9. The first-order valence-electron chi connectivity index (χ1n) is 3.58. The fourth-order valence-corrected chi connectivity index (χ4v) is 1.06. The maximum absolute atomic E-state index is 9.35. The molecule has 0 fully saturated rings. The molecule has 1 aliphatic heterocycles. The summed E-state index contributed by atoms with van der Waals surface area (Å²) in [6, 6.07) is 1.78. The lowest BCUT2D eigenvalue weighted by Crippen LogP contribution is -2.13. The van der Waals surface area contributed by atoms with Crippen LogP contribution in [0.15, 0.2) is 30.7 Å². The molecule has 1 aliphatic rings. The second kappa shape index (κ2) is 2.83. The minimum atomic E-state index is -0.893. The SMILES string of the molecule is OC1OC=CC=C1c1ccn[nH]1. The van der Waals surface area contributed by atoms with Crippen LogP contribution < -0.4 is 0 Å². The van der Waals surface area contributed by atoms with Crippen molar-refractivity contribution in [1.82, 2.24) is 10.2 Å². The van der Waals surface area contributed by atoms with Crippen LogP contribution in [-0.2, 0) is 4.74 Å². The lowest BCUT2D eigenvalue weighted by Gasteiger charge is -2.15. The van der Waals surface area contributed by atoms with Gasteiger partial charge in [0.15, 0.2) is 0 Å². The number of aliphatic hydroxyl groups is 1. The van der Waals surface area contributed by atoms with E-state index < -0.39 is 6.29 Å². The molecule has 0 bridgehead atoms. The average molecular weight is 164 g/mol. The molecular weight excluding hydrogens is 156 g/mol. The van der Waals surface area contributed by atoms with Crippen molar-refractivity contribution >= 4 is 5.57 Å². The normalized spacial score (nSPS) is 21.8. The Bertz CT molecular complexity index is 314. The van der Waals surface area contributed by atoms with Gasteiger partial charge < -0.3 is 9.84 Å². The molecule has 0 aromatic carbocycles. The second-order valence-corrected chi connectivity index (χ2v) is 2.41. The summed E-state index contributed by atoms with van der Waals surface area (Å²) < 4.78 is 4.87. The average Bonchev–Trinajstić information content (AvgIpc) is 2.57. The molecule has 0 spiro atoms. The predicted molar refractivity (Wildman–Crippen MR) is 42.8 cm³/mol. The summed E-state index contributed by atoms with van der Waals surface area (Å²) in [6.07, 6.45) is 5.69. The van der Waals surface area contributed by atoms with Crippen molar-refractivity contribution in [2.75, 3.05) is 0 Å². The number of aromatic amines is 1. The van der Waals surface area contributed by atoms with E-state index >= 15 is 0 Å². The lowest BCUT2D eigenvalue weighted by atomic mass is 10.1. The Labute approximate surface area is 69.2 Å². The Balaban J connectivity index is 2.34. The molecule has 0 saturated carbocycles. The van der Waals surface area contributed by atoms with Crippen molar-refractivity contribution in [3.63, 3.8) is 0 Å². The molecule has 0 saturated heterocycles. The van der Waals surface area contributed by atoms with Gasteiger partial charge in [-0.15, -0.1) is 0 Å². The number of hydrogen-bond donors (Lipinski definition) is 2. The van der Waals surface area contributed by atoms with Crippen LogP contribution in [0.2, 0.25) is 0 Å². The van der Waals surface area contributed by atoms with Crippen LogP contribution in [0.3, 0.4) is 0 Å². The summed E-state index contributed by atoms with van der Waals surface area (Å²) in [5.74, 6) is 0. The molecule has 4 heteroatoms. The molecule has 12 heavy (non-hydrogen) atoms. The van der Waals surface area contributed by atoms with Gasteiger partial charge in [0.05, 0.1) is 12.0 Å². The van der Waals surface area contributed by atoms with Crippen LogP contribution in [0, 0.1) is 0 Å². The van der Waals surface area contributed by atoms with Gasteiger partial charge in [0, 0.05) is 11.8 Å². The van der Waals surface area contributed by atoms with E-state index in [0.717, 1.165) is 5.69 Å². The summed E-state index contributed by atoms with van der Waals surface area (Å²) >= 11 is 0. The van der Waals surface area contributed by atoms with Gasteiger partial charge in [0.1, 0.15) is 0 Å². The first-order valence-corrected chi connectivity index (χ1v) is 3.58. The first kappa shape index (κ1) is 7.12. The van der Waals surface area contributed by atoms with E-state index in [0.29, 0.717) is 5.57 Å². The topological polar surface area (TPSA) is 58.1 Å². The van der Waals surface area contributed by atoms with Gasteiger partial charge in [-0.1, -0.05) is 0 Å². The number of H-pyrrole nitrogens is 1. The third-order valence-corrected chi connectivity index (χ3v) is 1.64. The molecule has 1 aromatic heterocycles. The molecular formula is C8H8N2O2. The highest BCUT2D eigenvalue weighted by Gasteiger charge is 2.15. The number of aliphatic hydroxyl groups excluding tert-OH is 1. The maximum atomic E-state index is 9.35. The zero-order valence-electron chi connectivity index (χ0n) is 6.27. The van der Waals surface area contributed by atoms with Crippen LogP contribution in [0.5, 0.6) is 0 Å². The van der Waals surface area contributed by atoms with Crippen molar-refractivity contribution in [2.45, 2.75) is 6.29 Å². The summed E-state index contributed by atoms with van der Waals surface area (Å²) in [6.45, 7) is 0. The van der Waals surface area contributed by atoms with Crippen molar-refractivity contribution < 1.29 is 9.84 Å². The highest BCUT2D eigenvalue weighted by molar-refractivity contribution is 5.66. The van der Waals surface area contributed by atoms with E-state index in [1.54, 1.807) is 24.4 Å². The standard InChI is InChI=1S/C8H8N2O2/c11-8-6(2-1-5-12-8)7-3-4-9-10-7/h1-5,8,11H,(H,9,10). The van der Waals surface area contributed by atoms with Crippen molar-refractivity contribution in [3.8, 4) is 0 Å². The van der Waals surface area contributed by atoms with Crippen molar-refractivity contribution in [2.24, 2.45) is 0 Å². The van der Waals surface area contributed by atoms with Crippen LogP contribution in [-0.4, -0.2) is 21.6 Å². The number of nitrogens with one attached hydrogen (secondary N) is 1. The monoisotopic (exact) mass is 164 g/mol. The third kappa shape index (κ3) is 1.12. The van der Waals surface area contributed by atoms with Gasteiger partial charge in [0.2, 0.25) is 6.29 Å². The van der Waals surface area contributed by atoms with Gasteiger partial charge in [-0.2, -0.15) is 5.10 Å². The zero-order chi connectivity index (χ0) is 8.39. The molecule has 1 unspecified atom stereocenters. The molecule has 0 amide bonds. The smallest absolute Gasteiger partial charge is 0.225 e. The summed E-state index contributed by atoms with van der Waals surface area (Å²) in [7, 11) is 0. The van der Waals surface area contributed by atoms with Crippen molar-refractivity contribution in [1.29, 1.82) is 0 Å². The molecule has 4 nitrogen and oxygen atoms in total. The van der Waals surface area contributed by atoms with Gasteiger partial charge in [-0.25, -0.2) is 0 Å². The van der Waals surface area contributed by atoms with Crippen LogP contribution >= 0.6 is 0 Å². The fraction of sp³-hybridized carbons (Fsp3) is 0.125. The van der Waals surface area contributed by atoms with E-state index in [1.165, 1.54) is 6.26 Å². The number of rotatable bonds is 1. The van der Waals surface area contributed by atoms with E-state index in [2.05, 4.69) is 10.2 Å². The first-order chi connectivity index (χ1) is 5.88. The number of nitrogens with zero attached hydrogens (tertiary/aromatic N) is 1. The fourth-order valence-electron chi connectivity index (χ4n) is 1.06. The Hall–Kier alpha value is -1.55. The molecule has 2 heterocycles. The summed E-state index contributed by atoms with van der Waals surface area (Å²) in [4.78, 5) is 0. The molecule has 2 N–H and O–H groups in total. The Morgan fingerprint density at radius 2 is 2.50 bits per heavy atom. The van der Waals surface area contributed by atoms with Gasteiger partial charge in [-0.05, 0) is 18.2 Å². The molecule has 62 valence electrons. The number of aromatic nitrogens is 2. The van der Waals surface area contributed by atoms with E-state index in [1.807, 2.05) is 0 Å². The van der Waals surface area contributed by atoms with Crippen molar-refractivity contribution in [3.05, 3.63) is 36.4 Å². The number of hydrogen-bond acceptors (Lipinski definition) is 3. The quantitative estimate of drug-likeness (QED) is 0.640. The Morgan fingerprint density at radius 3 is 3.17 bits per heavy atom. The van der Waals surface area contributed by atoms with Gasteiger partial charge in [0.25, 0.3) is 0 Å². The Kier molecular flexibility index (Phi) is 1.68. The van der Waals surface area contributed by atoms with Crippen LogP contribution in [0.25, 0.3) is 5.57 Å². The van der Waals surface area contributed by atoms with Crippen LogP contribution in [0.1, 0.15) is 5.69 Å². The number of ether oxygens (including phenoxy) is 1. The maximum Gasteiger partial charge on any atom is 0.225 e. The minimum absolute atomic E-state index is 0.690. The van der Waals surface area contributed by atoms with E-state index in [4.69, 9.17) is 4.74 Å². The lowest BCUT2D eigenvalue weighted by molar-refractivity contribution is -0.00469. The largest absolute Gasteiger partial charge is 0.468 e. The highest BCUT2D eigenvalue weighted by Crippen LogP contribution is 2.19. The highest BCUT2D eigenvalue weighted by atomic mass is 16.6. The molecule has 1 atom stereocenters. The van der Waals surface area contributed by atoms with Crippen LogP contribution in [0.4, 0.5) is 0 Å². The molecule has 0 radical (unpaired) electrons. The van der Waals surface area contributed by atoms with Gasteiger partial charge in [-0.3, -0.25) is 5.10 Å². The Morgan fingerprint density at radius 1 is 1.58 bits per heavy atom. The zero-order valence-corrected chi connectivity index (χ0v) is 6.27.